The fourth-order valence-electron chi connectivity index (χ4n) is 2.05. The highest BCUT2D eigenvalue weighted by Gasteiger charge is 2.13. The van der Waals surface area contributed by atoms with E-state index in [2.05, 4.69) is 0 Å². The number of rotatable bonds is 4. The van der Waals surface area contributed by atoms with E-state index in [0.29, 0.717) is 23.1 Å². The van der Waals surface area contributed by atoms with E-state index in [9.17, 15) is 0 Å². The molecule has 0 amide bonds. The Hall–Kier alpha value is -1.71. The zero-order valence-electron chi connectivity index (χ0n) is 10.9. The van der Waals surface area contributed by atoms with Crippen LogP contribution in [0.3, 0.4) is 0 Å². The third kappa shape index (κ3) is 2.67. The molecule has 0 aliphatic rings. The molecular weight excluding hydrogens is 262 g/mol. The predicted octanol–water partition coefficient (Wildman–Crippen LogP) is 3.48. The van der Waals surface area contributed by atoms with Crippen LogP contribution in [0.5, 0.6) is 11.5 Å². The molecule has 0 aliphatic carbocycles. The van der Waals surface area contributed by atoms with E-state index in [-0.39, 0.29) is 0 Å². The van der Waals surface area contributed by atoms with Gasteiger partial charge in [-0.3, -0.25) is 0 Å². The van der Waals surface area contributed by atoms with Crippen LogP contribution in [0.2, 0.25) is 5.02 Å². The average Bonchev–Trinajstić information content (AvgIpc) is 2.46. The Labute approximate surface area is 117 Å². The van der Waals surface area contributed by atoms with Crippen LogP contribution in [0.15, 0.2) is 36.4 Å². The standard InChI is InChI=1S/C15H16ClNO2/c1-18-14-8-10(7-11(9-17)15(14)19-2)12-5-3-4-6-13(12)16/h3-8H,9,17H2,1-2H3. The molecule has 19 heavy (non-hydrogen) atoms. The average molecular weight is 278 g/mol. The van der Waals surface area contributed by atoms with Crippen molar-refractivity contribution < 1.29 is 9.47 Å². The van der Waals surface area contributed by atoms with Crippen molar-refractivity contribution in [1.29, 1.82) is 0 Å². The second-order valence-corrected chi connectivity index (χ2v) is 4.46. The maximum atomic E-state index is 6.22. The summed E-state index contributed by atoms with van der Waals surface area (Å²) in [6.07, 6.45) is 0. The molecule has 0 saturated heterocycles. The second kappa shape index (κ2) is 5.95. The van der Waals surface area contributed by atoms with Gasteiger partial charge in [-0.2, -0.15) is 0 Å². The molecular formula is C15H16ClNO2. The van der Waals surface area contributed by atoms with E-state index >= 15 is 0 Å². The number of ether oxygens (including phenoxy) is 2. The van der Waals surface area contributed by atoms with Gasteiger partial charge in [0.25, 0.3) is 0 Å². The molecule has 0 fully saturated rings. The minimum Gasteiger partial charge on any atom is -0.493 e. The summed E-state index contributed by atoms with van der Waals surface area (Å²) in [6.45, 7) is 0.373. The van der Waals surface area contributed by atoms with Crippen LogP contribution in [0.4, 0.5) is 0 Å². The Kier molecular flexibility index (Phi) is 4.30. The minimum atomic E-state index is 0.373. The van der Waals surface area contributed by atoms with Crippen molar-refractivity contribution in [2.75, 3.05) is 14.2 Å². The predicted molar refractivity (Wildman–Crippen MR) is 77.9 cm³/mol. The molecule has 0 radical (unpaired) electrons. The first-order valence-corrected chi connectivity index (χ1v) is 6.29. The smallest absolute Gasteiger partial charge is 0.165 e. The Bertz CT molecular complexity index is 559. The van der Waals surface area contributed by atoms with Gasteiger partial charge in [0.05, 0.1) is 14.2 Å². The van der Waals surface area contributed by atoms with Gasteiger partial charge in [-0.05, 0) is 23.8 Å². The van der Waals surface area contributed by atoms with E-state index in [0.717, 1.165) is 16.7 Å². The lowest BCUT2D eigenvalue weighted by atomic mass is 10.0. The maximum absolute atomic E-state index is 6.22. The highest BCUT2D eigenvalue weighted by molar-refractivity contribution is 6.33. The van der Waals surface area contributed by atoms with Gasteiger partial charge in [-0.25, -0.2) is 0 Å². The number of methoxy groups -OCH3 is 2. The van der Waals surface area contributed by atoms with Gasteiger partial charge in [0.1, 0.15) is 0 Å². The number of hydrogen-bond donors (Lipinski definition) is 1. The number of benzene rings is 2. The molecule has 3 nitrogen and oxygen atoms in total. The summed E-state index contributed by atoms with van der Waals surface area (Å²) < 4.78 is 10.7. The van der Waals surface area contributed by atoms with Crippen LogP contribution in [0.25, 0.3) is 11.1 Å². The zero-order chi connectivity index (χ0) is 13.8. The van der Waals surface area contributed by atoms with E-state index < -0.39 is 0 Å². The SMILES string of the molecule is COc1cc(-c2ccccc2Cl)cc(CN)c1OC. The molecule has 2 aromatic carbocycles. The Balaban J connectivity index is 2.63. The van der Waals surface area contributed by atoms with Gasteiger partial charge in [-0.15, -0.1) is 0 Å². The van der Waals surface area contributed by atoms with Crippen molar-refractivity contribution >= 4 is 11.6 Å². The monoisotopic (exact) mass is 277 g/mol. The van der Waals surface area contributed by atoms with Gasteiger partial charge in [0, 0.05) is 22.7 Å². The van der Waals surface area contributed by atoms with Crippen molar-refractivity contribution in [2.24, 2.45) is 5.73 Å². The van der Waals surface area contributed by atoms with Crippen LogP contribution in [-0.4, -0.2) is 14.2 Å². The van der Waals surface area contributed by atoms with Gasteiger partial charge in [0.2, 0.25) is 0 Å². The van der Waals surface area contributed by atoms with E-state index in [1.165, 1.54) is 0 Å². The quantitative estimate of drug-likeness (QED) is 0.930. The van der Waals surface area contributed by atoms with E-state index in [4.69, 9.17) is 26.8 Å². The van der Waals surface area contributed by atoms with Crippen LogP contribution < -0.4 is 15.2 Å². The molecule has 100 valence electrons. The lowest BCUT2D eigenvalue weighted by Gasteiger charge is -2.14. The van der Waals surface area contributed by atoms with Gasteiger partial charge >= 0.3 is 0 Å². The lowest BCUT2D eigenvalue weighted by Crippen LogP contribution is -2.02. The second-order valence-electron chi connectivity index (χ2n) is 4.05. The molecule has 2 rings (SSSR count). The lowest BCUT2D eigenvalue weighted by molar-refractivity contribution is 0.352. The van der Waals surface area contributed by atoms with Gasteiger partial charge in [0.15, 0.2) is 11.5 Å². The normalized spacial score (nSPS) is 10.3. The van der Waals surface area contributed by atoms with Crippen LogP contribution >= 0.6 is 11.6 Å². The fraction of sp³-hybridized carbons (Fsp3) is 0.200. The van der Waals surface area contributed by atoms with Gasteiger partial charge < -0.3 is 15.2 Å². The van der Waals surface area contributed by atoms with Crippen LogP contribution in [0.1, 0.15) is 5.56 Å². The van der Waals surface area contributed by atoms with E-state index in [1.54, 1.807) is 14.2 Å². The number of halogens is 1. The molecule has 4 heteroatoms. The summed E-state index contributed by atoms with van der Waals surface area (Å²) in [5.41, 5.74) is 8.56. The van der Waals surface area contributed by atoms with Crippen molar-refractivity contribution in [3.63, 3.8) is 0 Å². The highest BCUT2D eigenvalue weighted by Crippen LogP contribution is 2.38. The molecule has 0 unspecified atom stereocenters. The molecule has 0 atom stereocenters. The van der Waals surface area contributed by atoms with Crippen molar-refractivity contribution in [1.82, 2.24) is 0 Å². The molecule has 0 heterocycles. The van der Waals surface area contributed by atoms with Crippen molar-refractivity contribution in [3.05, 3.63) is 47.0 Å². The molecule has 0 saturated carbocycles. The summed E-state index contributed by atoms with van der Waals surface area (Å²) in [6, 6.07) is 11.5. The topological polar surface area (TPSA) is 44.5 Å². The molecule has 0 aliphatic heterocycles. The number of hydrogen-bond acceptors (Lipinski definition) is 3. The Morgan fingerprint density at radius 1 is 1.11 bits per heavy atom. The molecule has 2 aromatic rings. The first kappa shape index (κ1) is 13.7. The third-order valence-electron chi connectivity index (χ3n) is 2.96. The fourth-order valence-corrected chi connectivity index (χ4v) is 2.29. The molecule has 2 N–H and O–H groups in total. The molecule has 0 spiro atoms. The van der Waals surface area contributed by atoms with Crippen LogP contribution in [-0.2, 0) is 6.54 Å². The maximum Gasteiger partial charge on any atom is 0.165 e. The van der Waals surface area contributed by atoms with E-state index in [1.807, 2.05) is 36.4 Å². The highest BCUT2D eigenvalue weighted by atomic mass is 35.5. The van der Waals surface area contributed by atoms with Crippen molar-refractivity contribution in [2.45, 2.75) is 6.54 Å². The Morgan fingerprint density at radius 3 is 2.42 bits per heavy atom. The summed E-state index contributed by atoms with van der Waals surface area (Å²) in [7, 11) is 3.21. The summed E-state index contributed by atoms with van der Waals surface area (Å²) in [5.74, 6) is 1.32. The van der Waals surface area contributed by atoms with Crippen molar-refractivity contribution in [3.8, 4) is 22.6 Å². The summed E-state index contributed by atoms with van der Waals surface area (Å²) in [4.78, 5) is 0. The van der Waals surface area contributed by atoms with Crippen LogP contribution in [0, 0.1) is 0 Å². The summed E-state index contributed by atoms with van der Waals surface area (Å²) >= 11 is 6.22. The summed E-state index contributed by atoms with van der Waals surface area (Å²) in [5, 5.41) is 0.692. The largest absolute Gasteiger partial charge is 0.493 e. The first-order chi connectivity index (χ1) is 9.21. The molecule has 0 bridgehead atoms. The third-order valence-corrected chi connectivity index (χ3v) is 3.29. The Morgan fingerprint density at radius 2 is 1.84 bits per heavy atom. The minimum absolute atomic E-state index is 0.373. The first-order valence-electron chi connectivity index (χ1n) is 5.91. The molecule has 0 aromatic heterocycles. The number of nitrogens with two attached hydrogens (primary N) is 1. The van der Waals surface area contributed by atoms with Gasteiger partial charge in [-0.1, -0.05) is 29.8 Å². The zero-order valence-corrected chi connectivity index (χ0v) is 11.7.